The first-order valence-electron chi connectivity index (χ1n) is 8.84. The first-order valence-corrected chi connectivity index (χ1v) is 9.65. The van der Waals surface area contributed by atoms with Crippen LogP contribution >= 0.6 is 11.3 Å². The molecular weight excluding hydrogens is 413 g/mol. The Kier molecular flexibility index (Phi) is 4.95. The second-order valence-corrected chi connectivity index (χ2v) is 7.50. The molecule has 2 heterocycles. The van der Waals surface area contributed by atoms with E-state index in [1.807, 2.05) is 0 Å². The highest BCUT2D eigenvalue weighted by molar-refractivity contribution is 7.21. The third-order valence-corrected chi connectivity index (χ3v) is 5.73. The maximum Gasteiger partial charge on any atom is 0.433 e. The van der Waals surface area contributed by atoms with Crippen molar-refractivity contribution in [3.63, 3.8) is 0 Å². The van der Waals surface area contributed by atoms with Crippen LogP contribution in [0.15, 0.2) is 60.7 Å². The van der Waals surface area contributed by atoms with E-state index in [0.29, 0.717) is 22.3 Å². The number of ether oxygens (including phenoxy) is 1. The summed E-state index contributed by atoms with van der Waals surface area (Å²) in [6, 6.07) is 16.0. The minimum atomic E-state index is -4.64. The molecule has 0 saturated heterocycles. The average molecular weight is 428 g/mol. The summed E-state index contributed by atoms with van der Waals surface area (Å²) in [5.74, 6) is 0.212. The molecule has 2 aromatic carbocycles. The number of benzene rings is 2. The Morgan fingerprint density at radius 3 is 2.33 bits per heavy atom. The van der Waals surface area contributed by atoms with E-state index in [0.717, 1.165) is 17.4 Å². The normalized spacial score (nSPS) is 11.6. The van der Waals surface area contributed by atoms with Crippen LogP contribution in [0.4, 0.5) is 18.9 Å². The van der Waals surface area contributed by atoms with Crippen LogP contribution < -0.4 is 10.5 Å². The lowest BCUT2D eigenvalue weighted by Gasteiger charge is -2.11. The second kappa shape index (κ2) is 7.46. The number of hydrogen-bond acceptors (Lipinski definition) is 5. The lowest BCUT2D eigenvalue weighted by molar-refractivity contribution is -0.140. The summed E-state index contributed by atoms with van der Waals surface area (Å²) in [5, 5.41) is 0.331. The van der Waals surface area contributed by atoms with Crippen LogP contribution in [0.25, 0.3) is 21.3 Å². The number of pyridine rings is 1. The van der Waals surface area contributed by atoms with Gasteiger partial charge < -0.3 is 10.5 Å². The fraction of sp³-hybridized carbons (Fsp3) is 0.0909. The molecule has 0 aliphatic heterocycles. The molecule has 0 atom stereocenters. The highest BCUT2D eigenvalue weighted by Crippen LogP contribution is 2.43. The number of carbonyl (C=O) groups is 1. The molecule has 0 unspecified atom stereocenters. The number of fused-ring (bicyclic) bond motifs is 1. The highest BCUT2D eigenvalue weighted by atomic mass is 32.1. The quantitative estimate of drug-likeness (QED) is 0.417. The van der Waals surface area contributed by atoms with Gasteiger partial charge in [0.1, 0.15) is 21.2 Å². The number of nitrogen functional groups attached to an aromatic ring is 1. The van der Waals surface area contributed by atoms with Gasteiger partial charge in [0.15, 0.2) is 0 Å². The van der Waals surface area contributed by atoms with Crippen LogP contribution in [0.1, 0.15) is 20.9 Å². The van der Waals surface area contributed by atoms with Crippen molar-refractivity contribution in [3.8, 4) is 16.9 Å². The summed E-state index contributed by atoms with van der Waals surface area (Å²) in [7, 11) is 1.50. The maximum atomic E-state index is 13.5. The number of methoxy groups -OCH3 is 1. The van der Waals surface area contributed by atoms with Gasteiger partial charge in [-0.25, -0.2) is 4.98 Å². The summed E-state index contributed by atoms with van der Waals surface area (Å²) in [6.07, 6.45) is -4.64. The highest BCUT2D eigenvalue weighted by Gasteiger charge is 2.34. The molecule has 0 fully saturated rings. The van der Waals surface area contributed by atoms with Crippen molar-refractivity contribution in [2.24, 2.45) is 0 Å². The molecule has 4 aromatic rings. The van der Waals surface area contributed by atoms with E-state index in [9.17, 15) is 18.0 Å². The number of nitrogens with two attached hydrogens (primary N) is 1. The number of carbonyl (C=O) groups excluding carboxylic acids is 1. The van der Waals surface area contributed by atoms with Crippen molar-refractivity contribution in [2.75, 3.05) is 12.8 Å². The molecule has 8 heteroatoms. The summed E-state index contributed by atoms with van der Waals surface area (Å²) >= 11 is 0.863. The zero-order chi connectivity index (χ0) is 21.5. The standard InChI is InChI=1S/C22H15F3N2O2S/c1-29-14-9-7-12(8-10-14)15-11-16(22(23,24)25)27-21-17(15)18(26)20(30-21)19(28)13-5-3-2-4-6-13/h2-11H,26H2,1H3. The monoisotopic (exact) mass is 428 g/mol. The summed E-state index contributed by atoms with van der Waals surface area (Å²) in [4.78, 5) is 16.9. The molecule has 4 nitrogen and oxygen atoms in total. The SMILES string of the molecule is COc1ccc(-c2cc(C(F)(F)F)nc3sc(C(=O)c4ccccc4)c(N)c23)cc1. The third-order valence-electron chi connectivity index (χ3n) is 4.63. The molecule has 0 aliphatic carbocycles. The summed E-state index contributed by atoms with van der Waals surface area (Å²) in [6.45, 7) is 0. The smallest absolute Gasteiger partial charge is 0.433 e. The molecule has 0 bridgehead atoms. The fourth-order valence-corrected chi connectivity index (χ4v) is 4.24. The summed E-state index contributed by atoms with van der Waals surface area (Å²) in [5.41, 5.74) is 6.53. The number of thiophene rings is 1. The Morgan fingerprint density at radius 1 is 1.07 bits per heavy atom. The number of hydrogen-bond donors (Lipinski definition) is 1. The van der Waals surface area contributed by atoms with Crippen LogP contribution in [0.5, 0.6) is 5.75 Å². The Balaban J connectivity index is 1.97. The van der Waals surface area contributed by atoms with Crippen LogP contribution in [-0.2, 0) is 6.18 Å². The Labute approximate surface area is 173 Å². The van der Waals surface area contributed by atoms with Crippen LogP contribution in [-0.4, -0.2) is 17.9 Å². The topological polar surface area (TPSA) is 65.2 Å². The number of anilines is 1. The van der Waals surface area contributed by atoms with E-state index in [-0.39, 0.29) is 26.7 Å². The van der Waals surface area contributed by atoms with Crippen molar-refractivity contribution in [2.45, 2.75) is 6.18 Å². The Bertz CT molecular complexity index is 1230. The molecule has 0 aliphatic rings. The van der Waals surface area contributed by atoms with Gasteiger partial charge in [0.05, 0.1) is 12.8 Å². The molecular formula is C22H15F3N2O2S. The van der Waals surface area contributed by atoms with E-state index < -0.39 is 11.9 Å². The van der Waals surface area contributed by atoms with E-state index in [1.165, 1.54) is 7.11 Å². The largest absolute Gasteiger partial charge is 0.497 e. The van der Waals surface area contributed by atoms with Gasteiger partial charge in [-0.05, 0) is 29.3 Å². The Morgan fingerprint density at radius 2 is 1.73 bits per heavy atom. The maximum absolute atomic E-state index is 13.5. The van der Waals surface area contributed by atoms with Gasteiger partial charge in [0, 0.05) is 10.9 Å². The minimum Gasteiger partial charge on any atom is -0.497 e. The molecule has 2 aromatic heterocycles. The first-order chi connectivity index (χ1) is 14.3. The zero-order valence-corrected chi connectivity index (χ0v) is 16.5. The van der Waals surface area contributed by atoms with Crippen molar-refractivity contribution in [1.82, 2.24) is 4.98 Å². The lowest BCUT2D eigenvalue weighted by atomic mass is 10.00. The van der Waals surface area contributed by atoms with Gasteiger partial charge in [0.2, 0.25) is 5.78 Å². The van der Waals surface area contributed by atoms with Gasteiger partial charge in [-0.3, -0.25) is 4.79 Å². The van der Waals surface area contributed by atoms with Gasteiger partial charge in [0.25, 0.3) is 0 Å². The van der Waals surface area contributed by atoms with Gasteiger partial charge in [-0.15, -0.1) is 11.3 Å². The van der Waals surface area contributed by atoms with Crippen LogP contribution in [0.3, 0.4) is 0 Å². The average Bonchev–Trinajstić information content (AvgIpc) is 3.09. The molecule has 0 radical (unpaired) electrons. The van der Waals surface area contributed by atoms with Crippen molar-refractivity contribution < 1.29 is 22.7 Å². The van der Waals surface area contributed by atoms with Crippen LogP contribution in [0, 0.1) is 0 Å². The molecule has 30 heavy (non-hydrogen) atoms. The number of nitrogens with zero attached hydrogens (tertiary/aromatic N) is 1. The van der Waals surface area contributed by atoms with E-state index in [4.69, 9.17) is 10.5 Å². The van der Waals surface area contributed by atoms with Crippen molar-refractivity contribution in [3.05, 3.63) is 76.8 Å². The van der Waals surface area contributed by atoms with E-state index in [1.54, 1.807) is 54.6 Å². The number of rotatable bonds is 4. The zero-order valence-electron chi connectivity index (χ0n) is 15.7. The first kappa shape index (κ1) is 19.9. The molecule has 0 spiro atoms. The number of halogens is 3. The lowest BCUT2D eigenvalue weighted by Crippen LogP contribution is -2.08. The van der Waals surface area contributed by atoms with Gasteiger partial charge in [-0.1, -0.05) is 42.5 Å². The summed E-state index contributed by atoms with van der Waals surface area (Å²) < 4.78 is 45.6. The number of alkyl halides is 3. The number of aromatic nitrogens is 1. The van der Waals surface area contributed by atoms with Crippen LogP contribution in [0.2, 0.25) is 0 Å². The van der Waals surface area contributed by atoms with E-state index >= 15 is 0 Å². The third kappa shape index (κ3) is 3.50. The molecule has 152 valence electrons. The van der Waals surface area contributed by atoms with E-state index in [2.05, 4.69) is 4.98 Å². The van der Waals surface area contributed by atoms with Gasteiger partial charge >= 0.3 is 6.18 Å². The van der Waals surface area contributed by atoms with Crippen molar-refractivity contribution in [1.29, 1.82) is 0 Å². The number of ketones is 1. The molecule has 4 rings (SSSR count). The van der Waals surface area contributed by atoms with Crippen molar-refractivity contribution >= 4 is 33.0 Å². The molecule has 0 saturated carbocycles. The fourth-order valence-electron chi connectivity index (χ4n) is 3.15. The second-order valence-electron chi connectivity index (χ2n) is 6.50. The molecule has 0 amide bonds. The predicted octanol–water partition coefficient (Wildman–Crippen LogP) is 5.80. The van der Waals surface area contributed by atoms with Gasteiger partial charge in [-0.2, -0.15) is 13.2 Å². The predicted molar refractivity (Wildman–Crippen MR) is 111 cm³/mol. The minimum absolute atomic E-state index is 0.0624. The Hall–Kier alpha value is -3.39. The molecule has 2 N–H and O–H groups in total.